The van der Waals surface area contributed by atoms with Gasteiger partial charge in [-0.1, -0.05) is 31.5 Å². The summed E-state index contributed by atoms with van der Waals surface area (Å²) >= 11 is 0. The summed E-state index contributed by atoms with van der Waals surface area (Å²) in [6.07, 6.45) is 11.4. The van der Waals surface area contributed by atoms with Gasteiger partial charge in [-0.3, -0.25) is 0 Å². The van der Waals surface area contributed by atoms with Crippen LogP contribution in [0.3, 0.4) is 0 Å². The lowest BCUT2D eigenvalue weighted by Crippen LogP contribution is -2.36. The molecule has 3 rings (SSSR count). The third kappa shape index (κ3) is 2.40. The molecule has 109 valence electrons. The summed E-state index contributed by atoms with van der Waals surface area (Å²) in [7, 11) is 2.66. The number of hydrogen-bond donors (Lipinski definition) is 0. The number of hydrogen-bond acceptors (Lipinski definition) is 2. The first-order chi connectivity index (χ1) is 9.58. The molecule has 0 aliphatic carbocycles. The van der Waals surface area contributed by atoms with E-state index in [2.05, 4.69) is 57.2 Å². The Labute approximate surface area is 125 Å². The van der Waals surface area contributed by atoms with Gasteiger partial charge in [0.25, 0.3) is 0 Å². The van der Waals surface area contributed by atoms with Crippen LogP contribution in [0.25, 0.3) is 0 Å². The Hall–Kier alpha value is -0.855. The topological polar surface area (TPSA) is 6.48 Å². The van der Waals surface area contributed by atoms with Crippen molar-refractivity contribution in [2.24, 2.45) is 0 Å². The van der Waals surface area contributed by atoms with Gasteiger partial charge in [0.1, 0.15) is 13.1 Å². The fourth-order valence-electron chi connectivity index (χ4n) is 4.04. The fraction of sp³-hybridized carbons (Fsp3) is 0.765. The van der Waals surface area contributed by atoms with Crippen LogP contribution in [-0.2, 0) is 0 Å². The molecule has 2 fully saturated rings. The van der Waals surface area contributed by atoms with Gasteiger partial charge in [0.15, 0.2) is 0 Å². The molecule has 0 aromatic heterocycles. The van der Waals surface area contributed by atoms with Gasteiger partial charge in [0.05, 0.1) is 0 Å². The zero-order valence-corrected chi connectivity index (χ0v) is 13.5. The van der Waals surface area contributed by atoms with Crippen molar-refractivity contribution >= 4 is 7.28 Å². The summed E-state index contributed by atoms with van der Waals surface area (Å²) in [6, 6.07) is 1.08. The van der Waals surface area contributed by atoms with Crippen LogP contribution in [0, 0.1) is 0 Å². The minimum atomic E-state index is 0.541. The molecule has 3 heteroatoms. The summed E-state index contributed by atoms with van der Waals surface area (Å²) in [6.45, 7) is 9.19. The van der Waals surface area contributed by atoms with Crippen LogP contribution in [0.15, 0.2) is 23.8 Å². The lowest BCUT2D eigenvalue weighted by Gasteiger charge is -2.41. The van der Waals surface area contributed by atoms with Crippen molar-refractivity contribution in [2.75, 3.05) is 0 Å². The summed E-state index contributed by atoms with van der Waals surface area (Å²) in [5.74, 6) is 3.13. The maximum Gasteiger partial charge on any atom is 0.123 e. The molecule has 2 nitrogen and oxygen atoms in total. The van der Waals surface area contributed by atoms with E-state index in [9.17, 15) is 0 Å². The zero-order chi connectivity index (χ0) is 14.3. The van der Waals surface area contributed by atoms with E-state index in [0.717, 1.165) is 11.6 Å². The zero-order valence-electron chi connectivity index (χ0n) is 13.5. The number of fused-ring (bicyclic) bond motifs is 2. The number of rotatable bonds is 2. The van der Waals surface area contributed by atoms with E-state index in [0.29, 0.717) is 12.1 Å². The van der Waals surface area contributed by atoms with Gasteiger partial charge in [-0.05, 0) is 45.5 Å². The van der Waals surface area contributed by atoms with Crippen LogP contribution in [0.5, 0.6) is 0 Å². The molecule has 1 radical (unpaired) electrons. The summed E-state index contributed by atoms with van der Waals surface area (Å²) < 4.78 is 0. The molecule has 0 N–H and O–H groups in total. The molecule has 2 bridgehead atoms. The van der Waals surface area contributed by atoms with Gasteiger partial charge in [-0.15, -0.1) is 0 Å². The summed E-state index contributed by atoms with van der Waals surface area (Å²) in [5.41, 5.74) is 1.70. The van der Waals surface area contributed by atoms with Crippen molar-refractivity contribution in [3.05, 3.63) is 23.8 Å². The van der Waals surface area contributed by atoms with Crippen molar-refractivity contribution in [1.29, 1.82) is 0 Å². The highest BCUT2D eigenvalue weighted by Crippen LogP contribution is 2.47. The lowest BCUT2D eigenvalue weighted by atomic mass is 9.43. The molecule has 2 atom stereocenters. The Morgan fingerprint density at radius 1 is 1.00 bits per heavy atom. The average molecular weight is 271 g/mol. The summed E-state index contributed by atoms with van der Waals surface area (Å²) in [4.78, 5) is 4.97. The van der Waals surface area contributed by atoms with E-state index >= 15 is 0 Å². The van der Waals surface area contributed by atoms with Crippen molar-refractivity contribution in [2.45, 2.75) is 83.5 Å². The lowest BCUT2D eigenvalue weighted by molar-refractivity contribution is 0.274. The molecular formula is C17H28BN2. The third-order valence-electron chi connectivity index (χ3n) is 5.10. The highest BCUT2D eigenvalue weighted by molar-refractivity contribution is 6.41. The molecule has 0 aromatic carbocycles. The first-order valence-electron chi connectivity index (χ1n) is 8.41. The Morgan fingerprint density at radius 2 is 1.65 bits per heavy atom. The van der Waals surface area contributed by atoms with Crippen LogP contribution < -0.4 is 0 Å². The molecule has 20 heavy (non-hydrogen) atoms. The van der Waals surface area contributed by atoms with E-state index in [1.807, 2.05) is 0 Å². The molecule has 2 unspecified atom stereocenters. The Bertz CT molecular complexity index is 405. The van der Waals surface area contributed by atoms with E-state index in [4.69, 9.17) is 0 Å². The SMILES string of the molecule is CC(C)N1C=CN(C(C)C)C1=C1CCC2[B]C1CCC2. The highest BCUT2D eigenvalue weighted by Gasteiger charge is 2.36. The standard InChI is InChI=1S/C17H28BN2/c1-12(2)19-10-11-20(13(3)4)17(19)15-9-8-14-6-5-7-16(15)18-14/h10-14,16H,5-9H2,1-4H3. The average Bonchev–Trinajstić information content (AvgIpc) is 2.84. The molecule has 0 amide bonds. The van der Waals surface area contributed by atoms with Gasteiger partial charge in [-0.25, -0.2) is 0 Å². The van der Waals surface area contributed by atoms with Gasteiger partial charge in [0.2, 0.25) is 0 Å². The number of allylic oxidation sites excluding steroid dienone is 1. The third-order valence-corrected chi connectivity index (χ3v) is 5.10. The fourth-order valence-corrected chi connectivity index (χ4v) is 4.04. The normalized spacial score (nSPS) is 29.7. The van der Waals surface area contributed by atoms with Crippen molar-refractivity contribution in [1.82, 2.24) is 9.80 Å². The molecule has 0 aromatic rings. The van der Waals surface area contributed by atoms with Gasteiger partial charge >= 0.3 is 0 Å². The molecule has 2 saturated heterocycles. The van der Waals surface area contributed by atoms with Crippen molar-refractivity contribution in [3.8, 4) is 0 Å². The van der Waals surface area contributed by atoms with E-state index in [-0.39, 0.29) is 0 Å². The predicted molar refractivity (Wildman–Crippen MR) is 86.5 cm³/mol. The predicted octanol–water partition coefficient (Wildman–Crippen LogP) is 4.36. The van der Waals surface area contributed by atoms with Crippen LogP contribution in [0.4, 0.5) is 0 Å². The first-order valence-corrected chi connectivity index (χ1v) is 8.41. The minimum absolute atomic E-state index is 0.541. The van der Waals surface area contributed by atoms with E-state index in [1.54, 1.807) is 5.57 Å². The van der Waals surface area contributed by atoms with Crippen molar-refractivity contribution < 1.29 is 0 Å². The monoisotopic (exact) mass is 271 g/mol. The first kappa shape index (κ1) is 14.1. The Balaban J connectivity index is 1.96. The quantitative estimate of drug-likeness (QED) is 0.688. The van der Waals surface area contributed by atoms with Crippen molar-refractivity contribution in [3.63, 3.8) is 0 Å². The molecule has 3 aliphatic rings. The molecule has 0 spiro atoms. The molecule has 3 aliphatic heterocycles. The van der Waals surface area contributed by atoms with Gasteiger partial charge < -0.3 is 9.80 Å². The second-order valence-electron chi connectivity index (χ2n) is 7.18. The molecular weight excluding hydrogens is 243 g/mol. The minimum Gasteiger partial charge on any atom is -0.331 e. The van der Waals surface area contributed by atoms with Crippen LogP contribution in [-0.4, -0.2) is 29.2 Å². The van der Waals surface area contributed by atoms with E-state index < -0.39 is 0 Å². The summed E-state index contributed by atoms with van der Waals surface area (Å²) in [5, 5.41) is 0. The van der Waals surface area contributed by atoms with Crippen LogP contribution in [0.2, 0.25) is 11.6 Å². The molecule has 0 saturated carbocycles. The molecule has 3 heterocycles. The largest absolute Gasteiger partial charge is 0.331 e. The Kier molecular flexibility index (Phi) is 3.88. The smallest absolute Gasteiger partial charge is 0.123 e. The second-order valence-corrected chi connectivity index (χ2v) is 7.18. The maximum absolute atomic E-state index is 2.66. The van der Waals surface area contributed by atoms with Gasteiger partial charge in [-0.2, -0.15) is 0 Å². The number of nitrogens with zero attached hydrogens (tertiary/aromatic N) is 2. The second kappa shape index (κ2) is 5.50. The Morgan fingerprint density at radius 3 is 2.25 bits per heavy atom. The van der Waals surface area contributed by atoms with Crippen LogP contribution >= 0.6 is 0 Å². The van der Waals surface area contributed by atoms with Gasteiger partial charge in [0, 0.05) is 24.5 Å². The highest BCUT2D eigenvalue weighted by atomic mass is 15.4. The maximum atomic E-state index is 2.66. The van der Waals surface area contributed by atoms with Crippen LogP contribution in [0.1, 0.15) is 59.8 Å². The van der Waals surface area contributed by atoms with E-state index in [1.165, 1.54) is 37.9 Å².